The first kappa shape index (κ1) is 12.0. The Morgan fingerprint density at radius 3 is 2.76 bits per heavy atom. The van der Waals surface area contributed by atoms with E-state index in [1.54, 1.807) is 0 Å². The second kappa shape index (κ2) is 5.21. The van der Waals surface area contributed by atoms with Crippen LogP contribution in [0.5, 0.6) is 0 Å². The number of amides is 1. The normalized spacial score (nSPS) is 24.5. The second-order valence-corrected chi connectivity index (χ2v) is 4.80. The van der Waals surface area contributed by atoms with Crippen molar-refractivity contribution < 1.29 is 4.79 Å². The third-order valence-electron chi connectivity index (χ3n) is 3.66. The summed E-state index contributed by atoms with van der Waals surface area (Å²) in [5.74, 6) is 0.695. The van der Waals surface area contributed by atoms with Gasteiger partial charge in [-0.1, -0.05) is 13.3 Å². The Morgan fingerprint density at radius 2 is 2.24 bits per heavy atom. The van der Waals surface area contributed by atoms with Crippen LogP contribution >= 0.6 is 0 Å². The molecule has 5 nitrogen and oxygen atoms in total. The van der Waals surface area contributed by atoms with Crippen LogP contribution < -0.4 is 11.1 Å². The molecule has 4 N–H and O–H groups in total. The molecular formula is C12H20N4O. The van der Waals surface area contributed by atoms with Gasteiger partial charge < -0.3 is 11.1 Å². The van der Waals surface area contributed by atoms with Gasteiger partial charge in [-0.05, 0) is 31.6 Å². The molecule has 1 saturated carbocycles. The quantitative estimate of drug-likeness (QED) is 0.746. The highest BCUT2D eigenvalue weighted by Gasteiger charge is 2.22. The second-order valence-electron chi connectivity index (χ2n) is 4.80. The zero-order valence-electron chi connectivity index (χ0n) is 10.2. The summed E-state index contributed by atoms with van der Waals surface area (Å²) in [7, 11) is 0. The van der Waals surface area contributed by atoms with Crippen LogP contribution in [0, 0.1) is 5.92 Å². The van der Waals surface area contributed by atoms with E-state index in [0.717, 1.165) is 18.8 Å². The number of aromatic amines is 1. The predicted molar refractivity (Wildman–Crippen MR) is 66.5 cm³/mol. The molecule has 0 spiro atoms. The molecule has 94 valence electrons. The highest BCUT2D eigenvalue weighted by molar-refractivity contribution is 5.97. The van der Waals surface area contributed by atoms with Crippen molar-refractivity contribution in [2.75, 3.05) is 5.73 Å². The SMILES string of the molecule is CCC1CCC(NC(=O)c2[nH]ncc2N)CC1. The minimum absolute atomic E-state index is 0.139. The maximum Gasteiger partial charge on any atom is 0.271 e. The molecule has 17 heavy (non-hydrogen) atoms. The average Bonchev–Trinajstić information content (AvgIpc) is 2.76. The van der Waals surface area contributed by atoms with Crippen LogP contribution in [0.15, 0.2) is 6.20 Å². The van der Waals surface area contributed by atoms with Crippen LogP contribution in [0.1, 0.15) is 49.5 Å². The fourth-order valence-electron chi connectivity index (χ4n) is 2.45. The summed E-state index contributed by atoms with van der Waals surface area (Å²) in [5.41, 5.74) is 6.42. The number of nitrogens with zero attached hydrogens (tertiary/aromatic N) is 1. The Balaban J connectivity index is 1.86. The van der Waals surface area contributed by atoms with Gasteiger partial charge in [-0.15, -0.1) is 0 Å². The lowest BCUT2D eigenvalue weighted by molar-refractivity contribution is 0.0917. The molecule has 1 fully saturated rings. The molecule has 1 amide bonds. The lowest BCUT2D eigenvalue weighted by Crippen LogP contribution is -2.38. The number of nitrogen functional groups attached to an aromatic ring is 1. The molecule has 1 aliphatic rings. The van der Waals surface area contributed by atoms with E-state index >= 15 is 0 Å². The summed E-state index contributed by atoms with van der Waals surface area (Å²) in [6, 6.07) is 0.285. The Labute approximate surface area is 101 Å². The molecule has 0 aliphatic heterocycles. The van der Waals surface area contributed by atoms with E-state index in [1.807, 2.05) is 0 Å². The van der Waals surface area contributed by atoms with Crippen LogP contribution in [0.2, 0.25) is 0 Å². The molecular weight excluding hydrogens is 216 g/mol. The molecule has 2 rings (SSSR count). The highest BCUT2D eigenvalue weighted by Crippen LogP contribution is 2.26. The van der Waals surface area contributed by atoms with Crippen LogP contribution in [0.25, 0.3) is 0 Å². The lowest BCUT2D eigenvalue weighted by Gasteiger charge is -2.28. The number of nitrogens with one attached hydrogen (secondary N) is 2. The first-order chi connectivity index (χ1) is 8.20. The zero-order valence-corrected chi connectivity index (χ0v) is 10.2. The Bertz CT molecular complexity index is 380. The van der Waals surface area contributed by atoms with Crippen LogP contribution in [-0.2, 0) is 0 Å². The molecule has 1 aromatic heterocycles. The standard InChI is InChI=1S/C12H20N4O/c1-2-8-3-5-9(6-4-8)15-12(17)11-10(13)7-14-16-11/h7-9H,2-6,13H2,1H3,(H,14,16)(H,15,17). The van der Waals surface area contributed by atoms with Crippen molar-refractivity contribution in [1.29, 1.82) is 0 Å². The van der Waals surface area contributed by atoms with Gasteiger partial charge in [0.1, 0.15) is 5.69 Å². The van der Waals surface area contributed by atoms with Gasteiger partial charge in [-0.2, -0.15) is 5.10 Å². The molecule has 5 heteroatoms. The van der Waals surface area contributed by atoms with Gasteiger partial charge >= 0.3 is 0 Å². The van der Waals surface area contributed by atoms with E-state index in [1.165, 1.54) is 25.5 Å². The van der Waals surface area contributed by atoms with Gasteiger partial charge in [0, 0.05) is 6.04 Å². The monoisotopic (exact) mass is 236 g/mol. The van der Waals surface area contributed by atoms with E-state index < -0.39 is 0 Å². The van der Waals surface area contributed by atoms with Gasteiger partial charge in [0.15, 0.2) is 0 Å². The minimum atomic E-state index is -0.139. The topological polar surface area (TPSA) is 83.8 Å². The van der Waals surface area contributed by atoms with Gasteiger partial charge in [0.05, 0.1) is 11.9 Å². The fraction of sp³-hybridized carbons (Fsp3) is 0.667. The lowest BCUT2D eigenvalue weighted by atomic mass is 9.84. The van der Waals surface area contributed by atoms with Crippen LogP contribution in [-0.4, -0.2) is 22.1 Å². The molecule has 0 bridgehead atoms. The van der Waals surface area contributed by atoms with Crippen molar-refractivity contribution in [2.45, 2.75) is 45.1 Å². The summed E-state index contributed by atoms with van der Waals surface area (Å²) in [6.07, 6.45) is 7.26. The summed E-state index contributed by atoms with van der Waals surface area (Å²) in [6.45, 7) is 2.23. The molecule has 1 aliphatic carbocycles. The fourth-order valence-corrected chi connectivity index (χ4v) is 2.45. The maximum atomic E-state index is 11.9. The number of nitrogens with two attached hydrogens (primary N) is 1. The maximum absolute atomic E-state index is 11.9. The predicted octanol–water partition coefficient (Wildman–Crippen LogP) is 1.69. The third kappa shape index (κ3) is 2.78. The number of aromatic nitrogens is 2. The average molecular weight is 236 g/mol. The Kier molecular flexibility index (Phi) is 3.66. The van der Waals surface area contributed by atoms with Gasteiger partial charge in [-0.3, -0.25) is 9.89 Å². The van der Waals surface area contributed by atoms with E-state index in [9.17, 15) is 4.79 Å². The van der Waals surface area contributed by atoms with E-state index in [2.05, 4.69) is 22.4 Å². The summed E-state index contributed by atoms with van der Waals surface area (Å²) in [5, 5.41) is 9.39. The van der Waals surface area contributed by atoms with Crippen molar-refractivity contribution in [3.63, 3.8) is 0 Å². The molecule has 1 heterocycles. The van der Waals surface area contributed by atoms with Gasteiger partial charge in [-0.25, -0.2) is 0 Å². The van der Waals surface area contributed by atoms with Crippen molar-refractivity contribution in [3.8, 4) is 0 Å². The first-order valence-electron chi connectivity index (χ1n) is 6.30. The largest absolute Gasteiger partial charge is 0.396 e. The van der Waals surface area contributed by atoms with Crippen molar-refractivity contribution in [2.24, 2.45) is 5.92 Å². The number of carbonyl (C=O) groups is 1. The van der Waals surface area contributed by atoms with E-state index in [0.29, 0.717) is 11.4 Å². The first-order valence-corrected chi connectivity index (χ1v) is 6.30. The van der Waals surface area contributed by atoms with Crippen LogP contribution in [0.4, 0.5) is 5.69 Å². The third-order valence-corrected chi connectivity index (χ3v) is 3.66. The molecule has 1 aromatic rings. The summed E-state index contributed by atoms with van der Waals surface area (Å²) >= 11 is 0. The molecule has 0 unspecified atom stereocenters. The van der Waals surface area contributed by atoms with Crippen LogP contribution in [0.3, 0.4) is 0 Å². The smallest absolute Gasteiger partial charge is 0.271 e. The number of hydrogen-bond donors (Lipinski definition) is 3. The minimum Gasteiger partial charge on any atom is -0.396 e. The van der Waals surface area contributed by atoms with Gasteiger partial charge in [0.25, 0.3) is 5.91 Å². The van der Waals surface area contributed by atoms with E-state index in [-0.39, 0.29) is 11.9 Å². The summed E-state index contributed by atoms with van der Waals surface area (Å²) < 4.78 is 0. The molecule has 0 saturated heterocycles. The zero-order chi connectivity index (χ0) is 12.3. The van der Waals surface area contributed by atoms with E-state index in [4.69, 9.17) is 5.73 Å². The van der Waals surface area contributed by atoms with Crippen molar-refractivity contribution >= 4 is 11.6 Å². The number of H-pyrrole nitrogens is 1. The van der Waals surface area contributed by atoms with Crippen molar-refractivity contribution in [3.05, 3.63) is 11.9 Å². The van der Waals surface area contributed by atoms with Gasteiger partial charge in [0.2, 0.25) is 0 Å². The number of carbonyl (C=O) groups excluding carboxylic acids is 1. The van der Waals surface area contributed by atoms with Crippen molar-refractivity contribution in [1.82, 2.24) is 15.5 Å². The molecule has 0 radical (unpaired) electrons. The number of anilines is 1. The number of rotatable bonds is 3. The Morgan fingerprint density at radius 1 is 1.53 bits per heavy atom. The molecule has 0 atom stereocenters. The Hall–Kier alpha value is -1.52. The highest BCUT2D eigenvalue weighted by atomic mass is 16.2. The molecule has 0 aromatic carbocycles. The number of hydrogen-bond acceptors (Lipinski definition) is 3. The summed E-state index contributed by atoms with van der Waals surface area (Å²) in [4.78, 5) is 11.9.